The average Bonchev–Trinajstić information content (AvgIpc) is 3.17. The van der Waals surface area contributed by atoms with Gasteiger partial charge in [-0.05, 0) is 11.4 Å². The van der Waals surface area contributed by atoms with Gasteiger partial charge in [0.2, 0.25) is 11.1 Å². The van der Waals surface area contributed by atoms with E-state index < -0.39 is 0 Å². The lowest BCUT2D eigenvalue weighted by Crippen LogP contribution is -2.11. The van der Waals surface area contributed by atoms with Gasteiger partial charge in [0.25, 0.3) is 0 Å². The molecule has 0 aliphatic rings. The molecule has 0 aromatic carbocycles. The minimum atomic E-state index is -0.129. The molecule has 0 saturated carbocycles. The van der Waals surface area contributed by atoms with E-state index in [1.807, 2.05) is 22.9 Å². The number of rotatable bonds is 5. The van der Waals surface area contributed by atoms with E-state index in [0.717, 1.165) is 10.6 Å². The van der Waals surface area contributed by atoms with Crippen molar-refractivity contribution in [1.82, 2.24) is 19.9 Å². The molecule has 0 fully saturated rings. The zero-order valence-electron chi connectivity index (χ0n) is 11.5. The van der Waals surface area contributed by atoms with Gasteiger partial charge in [0.05, 0.1) is 10.6 Å². The number of anilines is 1. The summed E-state index contributed by atoms with van der Waals surface area (Å²) < 4.78 is 1.48. The van der Waals surface area contributed by atoms with E-state index in [4.69, 9.17) is 5.84 Å². The summed E-state index contributed by atoms with van der Waals surface area (Å²) in [6.07, 6.45) is 0. The number of nitrogens with two attached hydrogens (primary N) is 1. The van der Waals surface area contributed by atoms with Crippen molar-refractivity contribution in [3.05, 3.63) is 28.6 Å². The van der Waals surface area contributed by atoms with E-state index in [1.165, 1.54) is 34.7 Å². The van der Waals surface area contributed by atoms with Crippen LogP contribution < -0.4 is 11.2 Å². The summed E-state index contributed by atoms with van der Waals surface area (Å²) in [7, 11) is 0. The van der Waals surface area contributed by atoms with Gasteiger partial charge >= 0.3 is 0 Å². The lowest BCUT2D eigenvalue weighted by molar-refractivity contribution is -0.114. The van der Waals surface area contributed by atoms with E-state index in [1.54, 1.807) is 11.3 Å². The van der Waals surface area contributed by atoms with Gasteiger partial charge in [-0.25, -0.2) is 9.66 Å². The van der Waals surface area contributed by atoms with Gasteiger partial charge in [0.15, 0.2) is 11.0 Å². The highest BCUT2D eigenvalue weighted by atomic mass is 32.2. The molecule has 3 N–H and O–H groups in total. The first-order chi connectivity index (χ1) is 10.6. The molecule has 10 heteroatoms. The normalized spacial score (nSPS) is 10.8. The van der Waals surface area contributed by atoms with Crippen LogP contribution in [0.2, 0.25) is 0 Å². The Morgan fingerprint density at radius 3 is 3.05 bits per heavy atom. The van der Waals surface area contributed by atoms with Crippen molar-refractivity contribution >= 4 is 45.5 Å². The third-order valence-electron chi connectivity index (χ3n) is 2.59. The van der Waals surface area contributed by atoms with Gasteiger partial charge in [-0.3, -0.25) is 4.79 Å². The first kappa shape index (κ1) is 15.0. The predicted molar refractivity (Wildman–Crippen MR) is 89.5 cm³/mol. The number of carbonyl (C=O) groups is 1. The fourth-order valence-corrected chi connectivity index (χ4v) is 3.99. The third-order valence-corrected chi connectivity index (χ3v) is 5.24. The molecule has 0 saturated heterocycles. The molecule has 3 aromatic heterocycles. The number of hydrogen-bond donors (Lipinski definition) is 2. The lowest BCUT2D eigenvalue weighted by Gasteiger charge is -2.01. The quantitative estimate of drug-likeness (QED) is 0.540. The topological polar surface area (TPSA) is 98.7 Å². The highest BCUT2D eigenvalue weighted by Crippen LogP contribution is 2.27. The van der Waals surface area contributed by atoms with Crippen LogP contribution in [-0.2, 0) is 10.5 Å². The van der Waals surface area contributed by atoms with E-state index in [-0.39, 0.29) is 5.91 Å². The molecule has 3 rings (SSSR count). The van der Waals surface area contributed by atoms with Crippen molar-refractivity contribution in [2.45, 2.75) is 17.8 Å². The molecule has 1 amide bonds. The Morgan fingerprint density at radius 1 is 1.45 bits per heavy atom. The van der Waals surface area contributed by atoms with Crippen molar-refractivity contribution in [1.29, 1.82) is 0 Å². The number of amides is 1. The van der Waals surface area contributed by atoms with Gasteiger partial charge < -0.3 is 11.2 Å². The smallest absolute Gasteiger partial charge is 0.223 e. The fraction of sp³-hybridized carbons (Fsp3) is 0.167. The second-order valence-electron chi connectivity index (χ2n) is 4.27. The summed E-state index contributed by atoms with van der Waals surface area (Å²) in [4.78, 5) is 16.3. The molecule has 0 radical (unpaired) electrons. The highest BCUT2D eigenvalue weighted by Gasteiger charge is 2.13. The van der Waals surface area contributed by atoms with Crippen LogP contribution in [-0.4, -0.2) is 25.8 Å². The van der Waals surface area contributed by atoms with Gasteiger partial charge in [-0.15, -0.1) is 32.9 Å². The molecule has 7 nitrogen and oxygen atoms in total. The summed E-state index contributed by atoms with van der Waals surface area (Å²) in [5.74, 6) is 7.16. The summed E-state index contributed by atoms with van der Waals surface area (Å²) in [6, 6.07) is 3.90. The molecule has 0 aliphatic heterocycles. The predicted octanol–water partition coefficient (Wildman–Crippen LogP) is 2.43. The summed E-state index contributed by atoms with van der Waals surface area (Å²) in [5, 5.41) is 16.0. The van der Waals surface area contributed by atoms with E-state index in [2.05, 4.69) is 20.5 Å². The Hall–Kier alpha value is -1.91. The highest BCUT2D eigenvalue weighted by molar-refractivity contribution is 7.98. The lowest BCUT2D eigenvalue weighted by atomic mass is 10.4. The van der Waals surface area contributed by atoms with Crippen LogP contribution in [0, 0.1) is 0 Å². The molecule has 0 atom stereocenters. The Bertz CT molecular complexity index is 779. The standard InChI is InChI=1S/C12H12N6OS3/c1-7(19)14-11-15-8(5-21-11)6-22-12-17-16-10(18(12)13)9-3-2-4-20-9/h2-5H,6,13H2,1H3,(H,14,15,19). The van der Waals surface area contributed by atoms with Crippen LogP contribution in [0.1, 0.15) is 12.6 Å². The van der Waals surface area contributed by atoms with Crippen LogP contribution in [0.4, 0.5) is 5.13 Å². The van der Waals surface area contributed by atoms with E-state index >= 15 is 0 Å². The SMILES string of the molecule is CC(=O)Nc1nc(CSc2nnc(-c3cccs3)n2N)cs1. The van der Waals surface area contributed by atoms with Crippen molar-refractivity contribution in [2.75, 3.05) is 11.2 Å². The number of thioether (sulfide) groups is 1. The van der Waals surface area contributed by atoms with Gasteiger partial charge in [0.1, 0.15) is 0 Å². The van der Waals surface area contributed by atoms with Crippen molar-refractivity contribution in [3.8, 4) is 10.7 Å². The Kier molecular flexibility index (Phi) is 4.41. The Labute approximate surface area is 138 Å². The first-order valence-electron chi connectivity index (χ1n) is 6.22. The zero-order chi connectivity index (χ0) is 15.5. The molecule has 22 heavy (non-hydrogen) atoms. The largest absolute Gasteiger partial charge is 0.335 e. The molecule has 0 bridgehead atoms. The second kappa shape index (κ2) is 6.46. The van der Waals surface area contributed by atoms with Crippen molar-refractivity contribution in [2.24, 2.45) is 0 Å². The van der Waals surface area contributed by atoms with E-state index in [0.29, 0.717) is 21.9 Å². The van der Waals surface area contributed by atoms with Crippen molar-refractivity contribution < 1.29 is 4.79 Å². The van der Waals surface area contributed by atoms with E-state index in [9.17, 15) is 4.79 Å². The minimum Gasteiger partial charge on any atom is -0.335 e. The fourth-order valence-electron chi connectivity index (χ4n) is 1.67. The second-order valence-corrected chi connectivity index (χ2v) is 7.02. The third kappa shape index (κ3) is 3.29. The maximum atomic E-state index is 11.0. The number of nitrogens with zero attached hydrogens (tertiary/aromatic N) is 4. The van der Waals surface area contributed by atoms with Gasteiger partial charge in [-0.2, -0.15) is 0 Å². The molecular weight excluding hydrogens is 340 g/mol. The van der Waals surface area contributed by atoms with Crippen LogP contribution >= 0.6 is 34.4 Å². The number of thiophene rings is 1. The van der Waals surface area contributed by atoms with Crippen LogP contribution in [0.15, 0.2) is 28.0 Å². The van der Waals surface area contributed by atoms with Crippen LogP contribution in [0.3, 0.4) is 0 Å². The summed E-state index contributed by atoms with van der Waals surface area (Å²) in [6.45, 7) is 1.46. The molecule has 3 aromatic rings. The summed E-state index contributed by atoms with van der Waals surface area (Å²) >= 11 is 4.41. The molecule has 114 valence electrons. The number of hydrogen-bond acceptors (Lipinski definition) is 8. The number of carbonyl (C=O) groups excluding carboxylic acids is 1. The maximum absolute atomic E-state index is 11.0. The number of nitrogen functional groups attached to an aromatic ring is 1. The van der Waals surface area contributed by atoms with Crippen LogP contribution in [0.5, 0.6) is 0 Å². The van der Waals surface area contributed by atoms with Crippen molar-refractivity contribution in [3.63, 3.8) is 0 Å². The molecule has 3 heterocycles. The Morgan fingerprint density at radius 2 is 2.32 bits per heavy atom. The summed E-state index contributed by atoms with van der Waals surface area (Å²) in [5.41, 5.74) is 0.861. The minimum absolute atomic E-state index is 0.129. The molecule has 0 aliphatic carbocycles. The average molecular weight is 352 g/mol. The first-order valence-corrected chi connectivity index (χ1v) is 8.97. The molecule has 0 unspecified atom stereocenters. The van der Waals surface area contributed by atoms with Gasteiger partial charge in [0, 0.05) is 18.1 Å². The molecular formula is C12H12N6OS3. The monoisotopic (exact) mass is 352 g/mol. The maximum Gasteiger partial charge on any atom is 0.223 e. The molecule has 0 spiro atoms. The number of aromatic nitrogens is 4. The zero-order valence-corrected chi connectivity index (χ0v) is 14.0. The number of thiazole rings is 1. The number of nitrogens with one attached hydrogen (secondary N) is 1. The Balaban J connectivity index is 1.67. The van der Waals surface area contributed by atoms with Gasteiger partial charge in [-0.1, -0.05) is 17.8 Å². The van der Waals surface area contributed by atoms with Crippen LogP contribution in [0.25, 0.3) is 10.7 Å².